The Morgan fingerprint density at radius 2 is 1.81 bits per heavy atom. The molecule has 4 nitrogen and oxygen atoms in total. The number of hydrogen-bond donors (Lipinski definition) is 2. The van der Waals surface area contributed by atoms with E-state index in [1.807, 2.05) is 18.2 Å². The van der Waals surface area contributed by atoms with E-state index in [1.54, 1.807) is 18.3 Å². The molecule has 1 aromatic heterocycles. The first kappa shape index (κ1) is 18.1. The Kier molecular flexibility index (Phi) is 6.39. The summed E-state index contributed by atoms with van der Waals surface area (Å²) in [5.74, 6) is 0.0283. The lowest BCUT2D eigenvalue weighted by Crippen LogP contribution is -2.21. The van der Waals surface area contributed by atoms with Crippen molar-refractivity contribution in [2.45, 2.75) is 26.3 Å². The van der Waals surface area contributed by atoms with Gasteiger partial charge in [0.1, 0.15) is 0 Å². The van der Waals surface area contributed by atoms with Crippen molar-refractivity contribution in [1.82, 2.24) is 10.3 Å². The molecule has 26 heavy (non-hydrogen) atoms. The van der Waals surface area contributed by atoms with Crippen LogP contribution in [0.15, 0.2) is 60.0 Å². The van der Waals surface area contributed by atoms with Gasteiger partial charge in [0.15, 0.2) is 5.13 Å². The highest BCUT2D eigenvalue weighted by molar-refractivity contribution is 7.14. The summed E-state index contributed by atoms with van der Waals surface area (Å²) in [4.78, 5) is 15.5. The topological polar surface area (TPSA) is 54.0 Å². The van der Waals surface area contributed by atoms with Crippen LogP contribution in [0.2, 0.25) is 0 Å². The first-order chi connectivity index (χ1) is 12.7. The van der Waals surface area contributed by atoms with Gasteiger partial charge >= 0.3 is 0 Å². The van der Waals surface area contributed by atoms with Gasteiger partial charge in [0.2, 0.25) is 5.91 Å². The number of hydrogen-bond acceptors (Lipinski definition) is 4. The smallest absolute Gasteiger partial charge is 0.216 e. The molecule has 0 saturated heterocycles. The second kappa shape index (κ2) is 9.15. The van der Waals surface area contributed by atoms with Crippen molar-refractivity contribution >= 4 is 22.4 Å². The molecular weight excluding hydrogens is 342 g/mol. The quantitative estimate of drug-likeness (QED) is 0.578. The lowest BCUT2D eigenvalue weighted by Gasteiger charge is -2.04. The third kappa shape index (κ3) is 5.43. The van der Waals surface area contributed by atoms with Crippen molar-refractivity contribution in [2.75, 3.05) is 11.9 Å². The maximum absolute atomic E-state index is 10.9. The average molecular weight is 366 g/mol. The van der Waals surface area contributed by atoms with Gasteiger partial charge < -0.3 is 10.6 Å². The van der Waals surface area contributed by atoms with Gasteiger partial charge in [-0.25, -0.2) is 4.98 Å². The highest BCUT2D eigenvalue weighted by Crippen LogP contribution is 2.25. The summed E-state index contributed by atoms with van der Waals surface area (Å²) in [6.07, 6.45) is 1.91. The monoisotopic (exact) mass is 365 g/mol. The van der Waals surface area contributed by atoms with Crippen molar-refractivity contribution in [1.29, 1.82) is 0 Å². The number of aryl methyl sites for hydroxylation is 1. The standard InChI is InChI=1S/C21H23N3OS/c1-16(25)22-13-5-8-17-9-11-19(12-10-17)20-15-26-21(24-20)23-14-18-6-3-2-4-7-18/h2-4,6-7,9-12,15H,5,8,13-14H2,1H3,(H,22,25)(H,23,24). The van der Waals surface area contributed by atoms with E-state index in [0.717, 1.165) is 42.3 Å². The fourth-order valence-corrected chi connectivity index (χ4v) is 3.38. The Labute approximate surface area is 158 Å². The lowest BCUT2D eigenvalue weighted by atomic mass is 10.1. The number of benzene rings is 2. The Morgan fingerprint density at radius 3 is 2.54 bits per heavy atom. The SMILES string of the molecule is CC(=O)NCCCc1ccc(-c2csc(NCc3ccccc3)n2)cc1. The molecule has 1 heterocycles. The Morgan fingerprint density at radius 1 is 1.04 bits per heavy atom. The van der Waals surface area contributed by atoms with Gasteiger partial charge in [0.05, 0.1) is 5.69 Å². The minimum atomic E-state index is 0.0283. The summed E-state index contributed by atoms with van der Waals surface area (Å²) in [5.41, 5.74) is 4.64. The predicted molar refractivity (Wildman–Crippen MR) is 108 cm³/mol. The highest BCUT2D eigenvalue weighted by atomic mass is 32.1. The molecule has 0 unspecified atom stereocenters. The highest BCUT2D eigenvalue weighted by Gasteiger charge is 2.05. The number of nitrogens with one attached hydrogen (secondary N) is 2. The first-order valence-corrected chi connectivity index (χ1v) is 9.66. The van der Waals surface area contributed by atoms with Crippen LogP contribution < -0.4 is 10.6 Å². The maximum atomic E-state index is 10.9. The van der Waals surface area contributed by atoms with Gasteiger partial charge in [-0.05, 0) is 24.0 Å². The van der Waals surface area contributed by atoms with E-state index in [0.29, 0.717) is 0 Å². The van der Waals surface area contributed by atoms with E-state index < -0.39 is 0 Å². The molecule has 0 aliphatic rings. The number of nitrogens with zero attached hydrogens (tertiary/aromatic N) is 1. The second-order valence-corrected chi connectivity index (χ2v) is 7.02. The molecule has 3 rings (SSSR count). The van der Waals surface area contributed by atoms with Gasteiger partial charge in [-0.1, -0.05) is 54.6 Å². The van der Waals surface area contributed by atoms with Gasteiger partial charge in [-0.3, -0.25) is 4.79 Å². The normalized spacial score (nSPS) is 10.5. The van der Waals surface area contributed by atoms with Gasteiger partial charge in [-0.15, -0.1) is 11.3 Å². The molecule has 0 saturated carbocycles. The molecule has 0 bridgehead atoms. The van der Waals surface area contributed by atoms with E-state index in [2.05, 4.69) is 57.4 Å². The van der Waals surface area contributed by atoms with E-state index in [-0.39, 0.29) is 5.91 Å². The van der Waals surface area contributed by atoms with E-state index in [4.69, 9.17) is 0 Å². The lowest BCUT2D eigenvalue weighted by molar-refractivity contribution is -0.118. The molecule has 0 aliphatic carbocycles. The predicted octanol–water partition coefficient (Wildman–Crippen LogP) is 4.49. The van der Waals surface area contributed by atoms with Gasteiger partial charge in [0.25, 0.3) is 0 Å². The molecule has 1 amide bonds. The third-order valence-electron chi connectivity index (χ3n) is 4.06. The average Bonchev–Trinajstić information content (AvgIpc) is 3.14. The van der Waals surface area contributed by atoms with Crippen molar-refractivity contribution in [3.8, 4) is 11.3 Å². The maximum Gasteiger partial charge on any atom is 0.216 e. The molecule has 3 aromatic rings. The van der Waals surface area contributed by atoms with E-state index >= 15 is 0 Å². The van der Waals surface area contributed by atoms with Crippen molar-refractivity contribution in [3.63, 3.8) is 0 Å². The van der Waals surface area contributed by atoms with Crippen LogP contribution in [0.1, 0.15) is 24.5 Å². The Bertz CT molecular complexity index is 828. The van der Waals surface area contributed by atoms with Crippen LogP contribution in [0.3, 0.4) is 0 Å². The van der Waals surface area contributed by atoms with E-state index in [1.165, 1.54) is 11.1 Å². The van der Waals surface area contributed by atoms with Gasteiger partial charge in [0, 0.05) is 31.0 Å². The molecule has 0 spiro atoms. The number of thiazole rings is 1. The largest absolute Gasteiger partial charge is 0.357 e. The van der Waals surface area contributed by atoms with Crippen LogP contribution in [0.25, 0.3) is 11.3 Å². The van der Waals surface area contributed by atoms with Crippen LogP contribution in [0, 0.1) is 0 Å². The fraction of sp³-hybridized carbons (Fsp3) is 0.238. The number of carbonyl (C=O) groups excluding carboxylic acids is 1. The van der Waals surface area contributed by atoms with Crippen molar-refractivity contribution in [2.24, 2.45) is 0 Å². The fourth-order valence-electron chi connectivity index (χ4n) is 2.66. The summed E-state index contributed by atoms with van der Waals surface area (Å²) in [7, 11) is 0. The first-order valence-electron chi connectivity index (χ1n) is 8.78. The number of amides is 1. The molecule has 5 heteroatoms. The van der Waals surface area contributed by atoms with E-state index in [9.17, 15) is 4.79 Å². The molecule has 2 N–H and O–H groups in total. The Hall–Kier alpha value is -2.66. The summed E-state index contributed by atoms with van der Waals surface area (Å²) in [6, 6.07) is 18.8. The summed E-state index contributed by atoms with van der Waals surface area (Å²) in [6.45, 7) is 3.05. The molecular formula is C21H23N3OS. The van der Waals surface area contributed by atoms with Crippen LogP contribution in [0.4, 0.5) is 5.13 Å². The molecule has 0 atom stereocenters. The zero-order valence-corrected chi connectivity index (χ0v) is 15.7. The zero-order valence-electron chi connectivity index (χ0n) is 14.9. The van der Waals surface area contributed by atoms with Gasteiger partial charge in [-0.2, -0.15) is 0 Å². The molecule has 134 valence electrons. The van der Waals surface area contributed by atoms with Crippen molar-refractivity contribution in [3.05, 3.63) is 71.1 Å². The third-order valence-corrected chi connectivity index (χ3v) is 4.86. The number of carbonyl (C=O) groups is 1. The second-order valence-electron chi connectivity index (χ2n) is 6.16. The molecule has 0 fully saturated rings. The molecule has 0 radical (unpaired) electrons. The van der Waals surface area contributed by atoms with Crippen molar-refractivity contribution < 1.29 is 4.79 Å². The van der Waals surface area contributed by atoms with Crippen LogP contribution in [-0.4, -0.2) is 17.4 Å². The number of aromatic nitrogens is 1. The number of rotatable bonds is 8. The summed E-state index contributed by atoms with van der Waals surface area (Å²) in [5, 5.41) is 9.22. The summed E-state index contributed by atoms with van der Waals surface area (Å²) < 4.78 is 0. The Balaban J connectivity index is 1.53. The van der Waals surface area contributed by atoms with Crippen LogP contribution >= 0.6 is 11.3 Å². The van der Waals surface area contributed by atoms with Crippen LogP contribution in [-0.2, 0) is 17.8 Å². The van der Waals surface area contributed by atoms with Crippen LogP contribution in [0.5, 0.6) is 0 Å². The minimum Gasteiger partial charge on any atom is -0.357 e. The number of anilines is 1. The molecule has 0 aliphatic heterocycles. The minimum absolute atomic E-state index is 0.0283. The molecule has 2 aromatic carbocycles. The zero-order chi connectivity index (χ0) is 18.2. The summed E-state index contributed by atoms with van der Waals surface area (Å²) >= 11 is 1.62.